The number of guanidine groups is 1. The Morgan fingerprint density at radius 1 is 1.28 bits per heavy atom. The van der Waals surface area contributed by atoms with Gasteiger partial charge in [-0.3, -0.25) is 0 Å². The van der Waals surface area contributed by atoms with Gasteiger partial charge in [-0.25, -0.2) is 9.98 Å². The zero-order chi connectivity index (χ0) is 20.9. The van der Waals surface area contributed by atoms with Crippen LogP contribution in [0.2, 0.25) is 0 Å². The average molecular weight is 405 g/mol. The third-order valence-electron chi connectivity index (χ3n) is 5.35. The van der Waals surface area contributed by atoms with Crippen LogP contribution in [0.4, 0.5) is 5.82 Å². The Bertz CT molecular complexity index is 583. The third kappa shape index (κ3) is 9.00. The number of anilines is 1. The van der Waals surface area contributed by atoms with Gasteiger partial charge in [0.25, 0.3) is 0 Å². The van der Waals surface area contributed by atoms with E-state index in [9.17, 15) is 0 Å². The quantitative estimate of drug-likeness (QED) is 0.335. The lowest BCUT2D eigenvalue weighted by atomic mass is 9.99. The largest absolute Gasteiger partial charge is 0.385 e. The van der Waals surface area contributed by atoms with Gasteiger partial charge >= 0.3 is 0 Å². The van der Waals surface area contributed by atoms with Gasteiger partial charge in [0.05, 0.1) is 6.54 Å². The Morgan fingerprint density at radius 3 is 2.72 bits per heavy atom. The molecule has 1 aromatic rings. The predicted octanol–water partition coefficient (Wildman–Crippen LogP) is 2.34. The van der Waals surface area contributed by atoms with Crippen molar-refractivity contribution in [2.45, 2.75) is 39.7 Å². The molecule has 1 aromatic heterocycles. The second-order valence-corrected chi connectivity index (χ2v) is 7.97. The van der Waals surface area contributed by atoms with E-state index in [1.807, 2.05) is 6.20 Å². The van der Waals surface area contributed by atoms with E-state index in [2.05, 4.69) is 58.4 Å². The summed E-state index contributed by atoms with van der Waals surface area (Å²) in [4.78, 5) is 14.1. The summed E-state index contributed by atoms with van der Waals surface area (Å²) in [5, 5.41) is 6.73. The first-order valence-electron chi connectivity index (χ1n) is 11.0. The average Bonchev–Trinajstić information content (AvgIpc) is 2.73. The molecule has 164 valence electrons. The number of nitrogens with zero attached hydrogens (tertiary/aromatic N) is 4. The van der Waals surface area contributed by atoms with Crippen LogP contribution in [0.25, 0.3) is 0 Å². The lowest BCUT2D eigenvalue weighted by molar-refractivity contribution is 0.180. The molecule has 0 unspecified atom stereocenters. The van der Waals surface area contributed by atoms with Crippen LogP contribution in [0.5, 0.6) is 0 Å². The van der Waals surface area contributed by atoms with Crippen molar-refractivity contribution in [1.82, 2.24) is 20.5 Å². The molecule has 7 nitrogen and oxygen atoms in total. The molecule has 1 aliphatic rings. The molecule has 0 aliphatic carbocycles. The molecule has 1 aliphatic heterocycles. The summed E-state index contributed by atoms with van der Waals surface area (Å²) in [5.74, 6) is 2.78. The number of nitrogens with one attached hydrogen (secondary N) is 2. The normalized spacial score (nSPS) is 15.8. The monoisotopic (exact) mass is 404 g/mol. The van der Waals surface area contributed by atoms with Crippen molar-refractivity contribution in [3.05, 3.63) is 23.9 Å². The Balaban J connectivity index is 1.78. The van der Waals surface area contributed by atoms with Crippen LogP contribution in [0.15, 0.2) is 23.3 Å². The number of ether oxygens (including phenoxy) is 1. The van der Waals surface area contributed by atoms with Crippen molar-refractivity contribution in [2.24, 2.45) is 10.9 Å². The first-order valence-corrected chi connectivity index (χ1v) is 11.0. The van der Waals surface area contributed by atoms with E-state index < -0.39 is 0 Å². The van der Waals surface area contributed by atoms with Crippen LogP contribution in [0.1, 0.15) is 38.7 Å². The summed E-state index contributed by atoms with van der Waals surface area (Å²) in [6, 6.07) is 4.28. The molecule has 2 heterocycles. The number of rotatable bonds is 11. The fourth-order valence-corrected chi connectivity index (χ4v) is 3.40. The summed E-state index contributed by atoms with van der Waals surface area (Å²) < 4.78 is 5.11. The fraction of sp³-hybridized carbons (Fsp3) is 0.727. The standard InChI is InChI=1S/C22H40N6O/c1-5-23-22(24-11-15-27(3)12-6-16-29-4)26-18-20-7-8-21(25-17-20)28-13-9-19(2)10-14-28/h7-8,17,19H,5-6,9-16,18H2,1-4H3,(H2,23,24,26). The van der Waals surface area contributed by atoms with E-state index >= 15 is 0 Å². The second kappa shape index (κ2) is 13.4. The molecule has 1 fully saturated rings. The van der Waals surface area contributed by atoms with Crippen LogP contribution in [-0.4, -0.2) is 75.9 Å². The molecule has 2 rings (SSSR count). The van der Waals surface area contributed by atoms with E-state index in [-0.39, 0.29) is 0 Å². The number of aromatic nitrogens is 1. The number of aliphatic imine (C=N–C) groups is 1. The number of likely N-dealkylation sites (N-methyl/N-ethyl adjacent to an activating group) is 1. The summed E-state index contributed by atoms with van der Waals surface area (Å²) in [7, 11) is 3.88. The summed E-state index contributed by atoms with van der Waals surface area (Å²) in [6.07, 6.45) is 5.53. The molecule has 0 amide bonds. The third-order valence-corrected chi connectivity index (χ3v) is 5.35. The van der Waals surface area contributed by atoms with Gasteiger partial charge in [0, 0.05) is 59.2 Å². The highest BCUT2D eigenvalue weighted by Gasteiger charge is 2.16. The lowest BCUT2D eigenvalue weighted by Gasteiger charge is -2.31. The topological polar surface area (TPSA) is 65.0 Å². The number of methoxy groups -OCH3 is 1. The van der Waals surface area contributed by atoms with E-state index in [1.54, 1.807) is 7.11 Å². The molecule has 29 heavy (non-hydrogen) atoms. The van der Waals surface area contributed by atoms with Crippen LogP contribution in [-0.2, 0) is 11.3 Å². The first kappa shape index (κ1) is 23.4. The van der Waals surface area contributed by atoms with Crippen LogP contribution in [0.3, 0.4) is 0 Å². The van der Waals surface area contributed by atoms with E-state index in [1.165, 1.54) is 12.8 Å². The van der Waals surface area contributed by atoms with Crippen molar-refractivity contribution >= 4 is 11.8 Å². The van der Waals surface area contributed by atoms with Gasteiger partial charge in [-0.05, 0) is 50.8 Å². The molecule has 2 N–H and O–H groups in total. The van der Waals surface area contributed by atoms with Gasteiger partial charge in [-0.15, -0.1) is 0 Å². The SMILES string of the molecule is CCNC(=NCc1ccc(N2CCC(C)CC2)nc1)NCCN(C)CCCOC. The summed E-state index contributed by atoms with van der Waals surface area (Å²) in [5.41, 5.74) is 1.13. The molecule has 7 heteroatoms. The van der Waals surface area contributed by atoms with Gasteiger partial charge < -0.3 is 25.2 Å². The van der Waals surface area contributed by atoms with Gasteiger partial charge in [-0.1, -0.05) is 13.0 Å². The molecular weight excluding hydrogens is 364 g/mol. The van der Waals surface area contributed by atoms with Crippen molar-refractivity contribution in [3.8, 4) is 0 Å². The van der Waals surface area contributed by atoms with Gasteiger partial charge in [0.15, 0.2) is 5.96 Å². The Labute approximate surface area is 176 Å². The predicted molar refractivity (Wildman–Crippen MR) is 122 cm³/mol. The van der Waals surface area contributed by atoms with E-state index in [0.717, 1.165) is 75.6 Å². The maximum atomic E-state index is 5.11. The van der Waals surface area contributed by atoms with E-state index in [4.69, 9.17) is 9.73 Å². The molecule has 0 aromatic carbocycles. The fourth-order valence-electron chi connectivity index (χ4n) is 3.40. The Hall–Kier alpha value is -1.86. The first-order chi connectivity index (χ1) is 14.1. The highest BCUT2D eigenvalue weighted by molar-refractivity contribution is 5.79. The number of piperidine rings is 1. The second-order valence-electron chi connectivity index (χ2n) is 7.97. The maximum absolute atomic E-state index is 5.11. The number of hydrogen-bond acceptors (Lipinski definition) is 5. The Kier molecular flexibility index (Phi) is 10.8. The minimum Gasteiger partial charge on any atom is -0.385 e. The van der Waals surface area contributed by atoms with Gasteiger partial charge in [-0.2, -0.15) is 0 Å². The smallest absolute Gasteiger partial charge is 0.191 e. The van der Waals surface area contributed by atoms with Crippen molar-refractivity contribution < 1.29 is 4.74 Å². The van der Waals surface area contributed by atoms with Crippen molar-refractivity contribution in [2.75, 3.05) is 64.9 Å². The number of hydrogen-bond donors (Lipinski definition) is 2. The zero-order valence-electron chi connectivity index (χ0n) is 18.8. The maximum Gasteiger partial charge on any atom is 0.191 e. The van der Waals surface area contributed by atoms with Gasteiger partial charge in [0.2, 0.25) is 0 Å². The highest BCUT2D eigenvalue weighted by atomic mass is 16.5. The van der Waals surface area contributed by atoms with Crippen LogP contribution in [0, 0.1) is 5.92 Å². The molecule has 0 spiro atoms. The molecule has 0 atom stereocenters. The molecule has 0 bridgehead atoms. The lowest BCUT2D eigenvalue weighted by Crippen LogP contribution is -2.41. The Morgan fingerprint density at radius 2 is 2.07 bits per heavy atom. The summed E-state index contributed by atoms with van der Waals surface area (Å²) in [6.45, 7) is 11.8. The zero-order valence-corrected chi connectivity index (χ0v) is 18.8. The van der Waals surface area contributed by atoms with Crippen LogP contribution < -0.4 is 15.5 Å². The molecule has 0 radical (unpaired) electrons. The van der Waals surface area contributed by atoms with Crippen molar-refractivity contribution in [1.29, 1.82) is 0 Å². The van der Waals surface area contributed by atoms with Crippen LogP contribution >= 0.6 is 0 Å². The highest BCUT2D eigenvalue weighted by Crippen LogP contribution is 2.21. The summed E-state index contributed by atoms with van der Waals surface area (Å²) >= 11 is 0. The minimum atomic E-state index is 0.628. The molecular formula is C22H40N6O. The number of pyridine rings is 1. The van der Waals surface area contributed by atoms with E-state index in [0.29, 0.717) is 6.54 Å². The van der Waals surface area contributed by atoms with Gasteiger partial charge in [0.1, 0.15) is 5.82 Å². The molecule has 1 saturated heterocycles. The van der Waals surface area contributed by atoms with Crippen molar-refractivity contribution in [3.63, 3.8) is 0 Å². The minimum absolute atomic E-state index is 0.628. The molecule has 0 saturated carbocycles.